The number of nitrogens with one attached hydrogen (secondary N) is 2. The average molecular weight is 461 g/mol. The molecule has 1 unspecified atom stereocenters. The van der Waals surface area contributed by atoms with Gasteiger partial charge in [-0.25, -0.2) is 9.59 Å². The highest BCUT2D eigenvalue weighted by Gasteiger charge is 2.32. The van der Waals surface area contributed by atoms with Crippen LogP contribution in [0, 0.1) is 0 Å². The number of benzene rings is 2. The van der Waals surface area contributed by atoms with Crippen molar-refractivity contribution < 1.29 is 29.3 Å². The van der Waals surface area contributed by atoms with Crippen LogP contribution in [0.4, 0.5) is 4.79 Å². The van der Waals surface area contributed by atoms with Gasteiger partial charge in [-0.1, -0.05) is 12.1 Å². The molecule has 4 N–H and O–H groups in total. The van der Waals surface area contributed by atoms with Crippen molar-refractivity contribution in [3.8, 4) is 17.2 Å². The molecular weight excluding hydrogens is 438 g/mol. The van der Waals surface area contributed by atoms with Gasteiger partial charge in [0.1, 0.15) is 11.3 Å². The van der Waals surface area contributed by atoms with E-state index in [0.29, 0.717) is 28.1 Å². The fraction of sp³-hybridized carbons (Fsp3) is 0.160. The first-order chi connectivity index (χ1) is 16.4. The molecule has 34 heavy (non-hydrogen) atoms. The smallest absolute Gasteiger partial charge is 0.339 e. The van der Waals surface area contributed by atoms with Gasteiger partial charge in [-0.2, -0.15) is 0 Å². The molecule has 0 radical (unpaired) electrons. The fourth-order valence-corrected chi connectivity index (χ4v) is 3.88. The second-order valence-corrected chi connectivity index (χ2v) is 7.45. The molecule has 2 amide bonds. The molecule has 1 atom stereocenters. The van der Waals surface area contributed by atoms with Crippen molar-refractivity contribution in [1.29, 1.82) is 0 Å². The Morgan fingerprint density at radius 2 is 1.94 bits per heavy atom. The number of hydrogen-bond donors (Lipinski definition) is 4. The van der Waals surface area contributed by atoms with E-state index < -0.39 is 23.8 Å². The maximum absolute atomic E-state index is 12.7. The molecule has 0 fully saturated rings. The number of carboxylic acids is 1. The first kappa shape index (κ1) is 22.7. The first-order valence-electron chi connectivity index (χ1n) is 10.5. The van der Waals surface area contributed by atoms with Gasteiger partial charge in [0.15, 0.2) is 11.5 Å². The average Bonchev–Trinajstić information content (AvgIpc) is 2.85. The number of nitrogens with zero attached hydrogens (tertiary/aromatic N) is 1. The number of aromatic nitrogens is 1. The number of ether oxygens (including phenoxy) is 2. The number of carbonyl (C=O) groups excluding carboxylic acids is 1. The van der Waals surface area contributed by atoms with Crippen LogP contribution in [0.15, 0.2) is 60.9 Å². The fourth-order valence-electron chi connectivity index (χ4n) is 3.88. The summed E-state index contributed by atoms with van der Waals surface area (Å²) in [4.78, 5) is 28.7. The number of hydrogen-bond acceptors (Lipinski definition) is 6. The Kier molecular flexibility index (Phi) is 6.35. The molecule has 4 rings (SSSR count). The Labute approximate surface area is 195 Å². The van der Waals surface area contributed by atoms with Gasteiger partial charge in [0.2, 0.25) is 0 Å². The van der Waals surface area contributed by atoms with Crippen LogP contribution >= 0.6 is 0 Å². The van der Waals surface area contributed by atoms with E-state index in [1.807, 2.05) is 24.3 Å². The summed E-state index contributed by atoms with van der Waals surface area (Å²) in [6.45, 7) is 1.94. The minimum Gasteiger partial charge on any atom is -0.504 e. The van der Waals surface area contributed by atoms with Crippen LogP contribution in [-0.2, 0) is 0 Å². The number of pyridine rings is 1. The van der Waals surface area contributed by atoms with Crippen molar-refractivity contribution >= 4 is 23.3 Å². The lowest BCUT2D eigenvalue weighted by molar-refractivity contribution is 0.0692. The highest BCUT2D eigenvalue weighted by molar-refractivity contribution is 6.03. The normalized spacial score (nSPS) is 15.4. The maximum Gasteiger partial charge on any atom is 0.339 e. The van der Waals surface area contributed by atoms with Gasteiger partial charge < -0.3 is 30.3 Å². The molecule has 9 heteroatoms. The van der Waals surface area contributed by atoms with Crippen LogP contribution in [0.3, 0.4) is 0 Å². The molecule has 1 aliphatic rings. The van der Waals surface area contributed by atoms with Crippen molar-refractivity contribution in [3.05, 3.63) is 83.2 Å². The second-order valence-electron chi connectivity index (χ2n) is 7.45. The summed E-state index contributed by atoms with van der Waals surface area (Å²) in [5.41, 5.74) is 2.67. The summed E-state index contributed by atoms with van der Waals surface area (Å²) in [6, 6.07) is 12.5. The minimum absolute atomic E-state index is 0.0121. The molecule has 3 aromatic rings. The Bertz CT molecular complexity index is 1270. The number of phenols is 1. The standard InChI is InChI=1S/C25H23N3O6/c1-3-34-19-12-16(11-18(23(19)29)24(30)31)22-20(14-6-4-8-17(10-14)33-2)21(27-25(32)28-22)15-7-5-9-26-13-15/h4-13,22,29H,3H2,1-2H3,(H,30,31)(H2,27,28,32). The van der Waals surface area contributed by atoms with Crippen molar-refractivity contribution in [2.75, 3.05) is 13.7 Å². The summed E-state index contributed by atoms with van der Waals surface area (Å²) in [5.74, 6) is -1.17. The number of methoxy groups -OCH3 is 1. The van der Waals surface area contributed by atoms with Gasteiger partial charge in [-0.15, -0.1) is 0 Å². The molecular formula is C25H23N3O6. The molecule has 0 saturated carbocycles. The van der Waals surface area contributed by atoms with E-state index >= 15 is 0 Å². The van der Waals surface area contributed by atoms with E-state index in [9.17, 15) is 19.8 Å². The SMILES string of the molecule is CCOc1cc(C2NC(=O)NC(c3cccnc3)=C2c2cccc(OC)c2)cc(C(=O)O)c1O. The molecule has 2 aromatic carbocycles. The van der Waals surface area contributed by atoms with E-state index in [2.05, 4.69) is 15.6 Å². The summed E-state index contributed by atoms with van der Waals surface area (Å²) >= 11 is 0. The zero-order chi connectivity index (χ0) is 24.2. The number of amides is 2. The van der Waals surface area contributed by atoms with Crippen LogP contribution in [0.5, 0.6) is 17.2 Å². The van der Waals surface area contributed by atoms with Crippen LogP contribution < -0.4 is 20.1 Å². The molecule has 174 valence electrons. The Balaban J connectivity index is 2.00. The van der Waals surface area contributed by atoms with E-state index in [0.717, 1.165) is 5.56 Å². The maximum atomic E-state index is 12.7. The van der Waals surface area contributed by atoms with Crippen LogP contribution in [0.2, 0.25) is 0 Å². The van der Waals surface area contributed by atoms with Gasteiger partial charge in [0, 0.05) is 23.5 Å². The van der Waals surface area contributed by atoms with Crippen LogP contribution in [0.25, 0.3) is 11.3 Å². The monoisotopic (exact) mass is 461 g/mol. The number of carbonyl (C=O) groups is 2. The highest BCUT2D eigenvalue weighted by Crippen LogP contribution is 2.42. The molecule has 0 aliphatic carbocycles. The lowest BCUT2D eigenvalue weighted by Crippen LogP contribution is -2.43. The predicted molar refractivity (Wildman–Crippen MR) is 125 cm³/mol. The van der Waals surface area contributed by atoms with E-state index in [1.54, 1.807) is 38.6 Å². The third-order valence-corrected chi connectivity index (χ3v) is 5.36. The van der Waals surface area contributed by atoms with Gasteiger partial charge >= 0.3 is 12.0 Å². The molecule has 0 bridgehead atoms. The van der Waals surface area contributed by atoms with Gasteiger partial charge in [0.25, 0.3) is 0 Å². The topological polar surface area (TPSA) is 130 Å². The lowest BCUT2D eigenvalue weighted by atomic mass is 9.87. The summed E-state index contributed by atoms with van der Waals surface area (Å²) in [7, 11) is 1.56. The zero-order valence-electron chi connectivity index (χ0n) is 18.5. The number of carboxylic acid groups (broad SMARTS) is 1. The van der Waals surface area contributed by atoms with Gasteiger partial charge in [-0.05, 0) is 54.4 Å². The summed E-state index contributed by atoms with van der Waals surface area (Å²) in [5, 5.41) is 25.8. The van der Waals surface area contributed by atoms with E-state index in [-0.39, 0.29) is 17.9 Å². The van der Waals surface area contributed by atoms with Crippen LogP contribution in [-0.4, -0.2) is 40.9 Å². The van der Waals surface area contributed by atoms with Crippen molar-refractivity contribution in [1.82, 2.24) is 15.6 Å². The van der Waals surface area contributed by atoms with Crippen molar-refractivity contribution in [2.45, 2.75) is 13.0 Å². The zero-order valence-corrected chi connectivity index (χ0v) is 18.5. The quantitative estimate of drug-likeness (QED) is 0.421. The second kappa shape index (κ2) is 9.53. The summed E-state index contributed by atoms with van der Waals surface area (Å²) in [6.07, 6.45) is 3.26. The summed E-state index contributed by atoms with van der Waals surface area (Å²) < 4.78 is 10.9. The highest BCUT2D eigenvalue weighted by atomic mass is 16.5. The largest absolute Gasteiger partial charge is 0.504 e. The Morgan fingerprint density at radius 1 is 1.15 bits per heavy atom. The number of aromatic carboxylic acids is 1. The molecule has 1 aromatic heterocycles. The van der Waals surface area contributed by atoms with Crippen molar-refractivity contribution in [3.63, 3.8) is 0 Å². The third-order valence-electron chi connectivity index (χ3n) is 5.36. The first-order valence-corrected chi connectivity index (χ1v) is 10.5. The van der Waals surface area contributed by atoms with Crippen molar-refractivity contribution in [2.24, 2.45) is 0 Å². The predicted octanol–water partition coefficient (Wildman–Crippen LogP) is 3.82. The molecule has 1 aliphatic heterocycles. The molecule has 0 spiro atoms. The number of rotatable bonds is 7. The third kappa shape index (κ3) is 4.36. The Morgan fingerprint density at radius 3 is 2.62 bits per heavy atom. The molecule has 0 saturated heterocycles. The molecule has 2 heterocycles. The minimum atomic E-state index is -1.32. The molecule has 9 nitrogen and oxygen atoms in total. The lowest BCUT2D eigenvalue weighted by Gasteiger charge is -2.31. The van der Waals surface area contributed by atoms with Gasteiger partial charge in [-0.3, -0.25) is 4.98 Å². The number of aromatic hydroxyl groups is 1. The Hall–Kier alpha value is -4.53. The van der Waals surface area contributed by atoms with E-state index in [4.69, 9.17) is 9.47 Å². The van der Waals surface area contributed by atoms with Gasteiger partial charge in [0.05, 0.1) is 25.5 Å². The van der Waals surface area contributed by atoms with E-state index in [1.165, 1.54) is 12.1 Å². The van der Waals surface area contributed by atoms with Crippen LogP contribution in [0.1, 0.15) is 40.0 Å². The number of urea groups is 1.